The maximum atomic E-state index is 13.4. The van der Waals surface area contributed by atoms with Crippen LogP contribution in [0, 0.1) is 0 Å². The Morgan fingerprint density at radius 2 is 1.03 bits per heavy atom. The molecule has 2 N–H and O–H groups in total. The summed E-state index contributed by atoms with van der Waals surface area (Å²) in [6.07, 6.45) is 3.32. The number of halogens is 3. The van der Waals surface area contributed by atoms with Crippen LogP contribution in [0.4, 0.5) is 23.3 Å². The zero-order valence-electron chi connectivity index (χ0n) is 35.1. The number of benzene rings is 4. The number of fused-ring (bicyclic) bond motifs is 2. The Labute approximate surface area is 382 Å². The van der Waals surface area contributed by atoms with Gasteiger partial charge in [-0.05, 0) is 99.9 Å². The van der Waals surface area contributed by atoms with Crippen LogP contribution in [-0.2, 0) is 4.70 Å². The second-order valence-corrected chi connectivity index (χ2v) is 17.4. The van der Waals surface area contributed by atoms with Gasteiger partial charge < -0.3 is 20.3 Å². The molecule has 0 saturated heterocycles. The van der Waals surface area contributed by atoms with Crippen LogP contribution in [-0.4, -0.2) is 47.7 Å². The van der Waals surface area contributed by atoms with E-state index in [1.807, 2.05) is 114 Å². The van der Waals surface area contributed by atoms with Gasteiger partial charge in [0.2, 0.25) is 11.9 Å². The fourth-order valence-electron chi connectivity index (χ4n) is 5.69. The van der Waals surface area contributed by atoms with E-state index in [2.05, 4.69) is 46.5 Å². The van der Waals surface area contributed by atoms with Gasteiger partial charge >= 0.3 is 58.2 Å². The monoisotopic (exact) mass is 946 g/mol. The first kappa shape index (κ1) is 46.1. The van der Waals surface area contributed by atoms with Crippen LogP contribution >= 0.6 is 39.1 Å². The van der Waals surface area contributed by atoms with E-state index in [4.69, 9.17) is 32.9 Å². The molecule has 0 amide bonds. The van der Waals surface area contributed by atoms with Gasteiger partial charge in [0.1, 0.15) is 11.2 Å². The number of anilines is 4. The van der Waals surface area contributed by atoms with Gasteiger partial charge in [-0.1, -0.05) is 66.2 Å². The maximum absolute atomic E-state index is 13.4. The van der Waals surface area contributed by atoms with Crippen molar-refractivity contribution in [1.29, 1.82) is 0 Å². The van der Waals surface area contributed by atoms with Gasteiger partial charge in [-0.2, -0.15) is 9.97 Å². The molecule has 320 valence electrons. The molecule has 13 nitrogen and oxygen atoms in total. The van der Waals surface area contributed by atoms with Crippen LogP contribution < -0.4 is 36.9 Å². The van der Waals surface area contributed by atoms with Crippen molar-refractivity contribution in [1.82, 2.24) is 29.4 Å². The summed E-state index contributed by atoms with van der Waals surface area (Å²) in [6, 6.07) is 36.7. The quantitative estimate of drug-likeness (QED) is 0.140. The number of hydrogen-bond donors (Lipinski definition) is 2. The van der Waals surface area contributed by atoms with E-state index in [0.29, 0.717) is 65.1 Å². The van der Waals surface area contributed by atoms with E-state index < -0.39 is 11.2 Å². The van der Waals surface area contributed by atoms with Crippen molar-refractivity contribution in [3.8, 4) is 11.1 Å². The molecule has 63 heavy (non-hydrogen) atoms. The molecule has 4 aromatic heterocycles. The Hall–Kier alpha value is -6.42. The average molecular weight is 949 g/mol. The summed E-state index contributed by atoms with van der Waals surface area (Å²) in [5.41, 5.74) is 2.27. The Bertz CT molecular complexity index is 3000. The molecule has 8 rings (SSSR count). The third kappa shape index (κ3) is 12.4. The molecule has 0 aliphatic carbocycles. The summed E-state index contributed by atoms with van der Waals surface area (Å²) in [4.78, 5) is 55.3. The second-order valence-electron chi connectivity index (χ2n) is 15.7. The minimum atomic E-state index is -0.617. The molecule has 8 aromatic rings. The second kappa shape index (κ2) is 20.2. The van der Waals surface area contributed by atoms with Crippen LogP contribution in [0.2, 0.25) is 10.0 Å². The number of pyridine rings is 2. The number of para-hydroxylation sites is 2. The fourth-order valence-corrected chi connectivity index (χ4v) is 6.52. The van der Waals surface area contributed by atoms with Crippen molar-refractivity contribution in [2.75, 3.05) is 10.6 Å². The molecule has 0 saturated carbocycles. The van der Waals surface area contributed by atoms with Gasteiger partial charge in [0.05, 0.1) is 10.0 Å². The summed E-state index contributed by atoms with van der Waals surface area (Å²) in [5.74, 6) is 0.756. The van der Waals surface area contributed by atoms with Gasteiger partial charge in [0.25, 0.3) is 11.1 Å². The van der Waals surface area contributed by atoms with Gasteiger partial charge in [-0.25, -0.2) is 9.97 Å². The van der Waals surface area contributed by atoms with Crippen LogP contribution in [0.3, 0.4) is 0 Å². The zero-order valence-corrected chi connectivity index (χ0v) is 38.2. The Balaban J connectivity index is 0.000000178. The number of rotatable bonds is 8. The Kier molecular flexibility index (Phi) is 14.8. The van der Waals surface area contributed by atoms with Gasteiger partial charge in [0.15, 0.2) is 11.3 Å². The number of nitrogens with one attached hydrogen (secondary N) is 2. The third-order valence-corrected chi connectivity index (χ3v) is 9.59. The van der Waals surface area contributed by atoms with Crippen molar-refractivity contribution < 1.29 is 14.4 Å². The average Bonchev–Trinajstić information content (AvgIpc) is 3.25. The number of hydrogen-bond acceptors (Lipinski definition) is 11. The predicted octanol–water partition coefficient (Wildman–Crippen LogP) is 9.62. The third-order valence-electron chi connectivity index (χ3n) is 8.35. The van der Waals surface area contributed by atoms with Gasteiger partial charge in [-0.3, -0.25) is 9.59 Å². The summed E-state index contributed by atoms with van der Waals surface area (Å²) in [7, 11) is 0.738. The first-order valence-corrected chi connectivity index (χ1v) is 21.0. The standard InChI is InChI=1S/C23H21ClN4O2.C17H17BrN4O2.C6H4BClO/c1-23(2,3)30-28-20-15(13-18(21(28)29)17-11-7-8-12-19(17)24)14-25-22(27-20)26-16-9-5-4-6-10-16;1-17(2,3)24-22-14-11(9-13(18)15(22)23)10-19-16(21-14)20-12-7-5-4-6-8-12;8-6-4-2-1-3-5(6)7-9/h4-14H,1-3H3,(H,25,26,27);4-10H,1-3H3,(H,19,20,21);1-4H. The fraction of sp³-hybridized carbons (Fsp3) is 0.174. The van der Waals surface area contributed by atoms with Crippen LogP contribution in [0.25, 0.3) is 33.2 Å². The summed E-state index contributed by atoms with van der Waals surface area (Å²) in [5, 5.41) is 8.61. The van der Waals surface area contributed by atoms with E-state index >= 15 is 0 Å². The predicted molar refractivity (Wildman–Crippen MR) is 255 cm³/mol. The van der Waals surface area contributed by atoms with Crippen LogP contribution in [0.5, 0.6) is 0 Å². The van der Waals surface area contributed by atoms with Crippen molar-refractivity contribution in [2.24, 2.45) is 0 Å². The van der Waals surface area contributed by atoms with E-state index in [1.54, 1.807) is 60.9 Å². The minimum absolute atomic E-state index is 0.304. The SMILES string of the molecule is CC(C)(C)On1c(=O)c(-c2ccccc2Cl)cc2cnc(Nc3ccccc3)nc21.CC(C)(C)On1c(=O)c(Br)cc2cnc(Nc3ccccc3)nc21.O=Bc1ccccc1Cl. The molecule has 4 heterocycles. The Morgan fingerprint density at radius 3 is 1.49 bits per heavy atom. The molecule has 0 bridgehead atoms. The van der Waals surface area contributed by atoms with Crippen LogP contribution in [0.15, 0.2) is 148 Å². The summed E-state index contributed by atoms with van der Waals surface area (Å²) in [6.45, 7) is 11.2. The van der Waals surface area contributed by atoms with Gasteiger partial charge in [-0.15, -0.1) is 9.46 Å². The molecule has 0 aliphatic heterocycles. The van der Waals surface area contributed by atoms with Crippen molar-refractivity contribution in [2.45, 2.75) is 52.7 Å². The van der Waals surface area contributed by atoms with E-state index in [0.717, 1.165) is 18.5 Å². The van der Waals surface area contributed by atoms with Crippen molar-refractivity contribution >= 4 is 97.1 Å². The zero-order chi connectivity index (χ0) is 45.3. The first-order valence-electron chi connectivity index (χ1n) is 19.5. The van der Waals surface area contributed by atoms with Crippen molar-refractivity contribution in [3.05, 3.63) is 169 Å². The molecular weight excluding hydrogens is 906 g/mol. The van der Waals surface area contributed by atoms with E-state index in [-0.39, 0.29) is 11.1 Å². The van der Waals surface area contributed by atoms with E-state index in [1.165, 1.54) is 9.46 Å². The number of aromatic nitrogens is 6. The molecule has 0 radical (unpaired) electrons. The first-order chi connectivity index (χ1) is 30.0. The summed E-state index contributed by atoms with van der Waals surface area (Å²) < 4.78 is 13.0. The molecule has 4 aromatic carbocycles. The molecule has 0 fully saturated rings. The van der Waals surface area contributed by atoms with E-state index in [9.17, 15) is 14.3 Å². The normalized spacial score (nSPS) is 11.1. The van der Waals surface area contributed by atoms with Crippen molar-refractivity contribution in [3.63, 3.8) is 0 Å². The Morgan fingerprint density at radius 1 is 0.587 bits per heavy atom. The molecule has 17 heteroatoms. The van der Waals surface area contributed by atoms with Crippen LogP contribution in [0.1, 0.15) is 41.5 Å². The number of nitrogens with zero attached hydrogens (tertiary/aromatic N) is 6. The van der Waals surface area contributed by atoms with Gasteiger partial charge in [0, 0.05) is 45.1 Å². The molecular formula is C46H42BBrCl2N8O5. The molecule has 0 unspecified atom stereocenters. The molecule has 0 spiro atoms. The topological polar surface area (TPSA) is 155 Å². The molecule has 0 aliphatic rings. The summed E-state index contributed by atoms with van der Waals surface area (Å²) >= 11 is 15.2. The molecule has 0 atom stereocenters.